The summed E-state index contributed by atoms with van der Waals surface area (Å²) in [4.78, 5) is 2.41. The van der Waals surface area contributed by atoms with Crippen molar-refractivity contribution in [1.29, 1.82) is 0 Å². The second kappa shape index (κ2) is 6.97. The van der Waals surface area contributed by atoms with Gasteiger partial charge in [-0.25, -0.2) is 0 Å². The van der Waals surface area contributed by atoms with Gasteiger partial charge in [0.15, 0.2) is 0 Å². The Morgan fingerprint density at radius 2 is 2.29 bits per heavy atom. The zero-order valence-electron chi connectivity index (χ0n) is 10.3. The molecule has 1 heterocycles. The molecule has 0 bridgehead atoms. The van der Waals surface area contributed by atoms with Crippen LogP contribution >= 0.6 is 12.4 Å². The standard InChI is InChI=1S/C13H20N2O.ClH/c1-11-3-2-4-12(7-11)9-15-5-6-16-13(8-14)10-15;/h2-4,7,13H,5-6,8-10,14H2,1H3;1H. The Labute approximate surface area is 109 Å². The van der Waals surface area contributed by atoms with Crippen LogP contribution in [-0.2, 0) is 11.3 Å². The van der Waals surface area contributed by atoms with Crippen molar-refractivity contribution in [1.82, 2.24) is 4.90 Å². The minimum atomic E-state index is 0. The van der Waals surface area contributed by atoms with Crippen LogP contribution in [0, 0.1) is 6.92 Å². The van der Waals surface area contributed by atoms with Crippen LogP contribution in [0.15, 0.2) is 24.3 Å². The van der Waals surface area contributed by atoms with Gasteiger partial charge in [-0.1, -0.05) is 29.8 Å². The topological polar surface area (TPSA) is 38.5 Å². The summed E-state index contributed by atoms with van der Waals surface area (Å²) in [7, 11) is 0. The summed E-state index contributed by atoms with van der Waals surface area (Å²) in [5.41, 5.74) is 8.32. The molecule has 1 atom stereocenters. The van der Waals surface area contributed by atoms with Gasteiger partial charge < -0.3 is 10.5 Å². The van der Waals surface area contributed by atoms with Crippen molar-refractivity contribution in [3.63, 3.8) is 0 Å². The molecule has 0 spiro atoms. The maximum absolute atomic E-state index is 5.63. The normalized spacial score (nSPS) is 20.9. The number of nitrogens with two attached hydrogens (primary N) is 1. The maximum atomic E-state index is 5.63. The molecule has 17 heavy (non-hydrogen) atoms. The van der Waals surface area contributed by atoms with Crippen LogP contribution in [-0.4, -0.2) is 37.2 Å². The fourth-order valence-corrected chi connectivity index (χ4v) is 2.14. The van der Waals surface area contributed by atoms with Gasteiger partial charge in [0.1, 0.15) is 0 Å². The fraction of sp³-hybridized carbons (Fsp3) is 0.538. The summed E-state index contributed by atoms with van der Waals surface area (Å²) < 4.78 is 5.55. The number of hydrogen-bond acceptors (Lipinski definition) is 3. The van der Waals surface area contributed by atoms with Gasteiger partial charge in [-0.15, -0.1) is 12.4 Å². The molecular weight excluding hydrogens is 236 g/mol. The van der Waals surface area contributed by atoms with E-state index in [2.05, 4.69) is 36.1 Å². The monoisotopic (exact) mass is 256 g/mol. The fourth-order valence-electron chi connectivity index (χ4n) is 2.14. The Morgan fingerprint density at radius 1 is 1.47 bits per heavy atom. The van der Waals surface area contributed by atoms with Crippen molar-refractivity contribution < 1.29 is 4.74 Å². The number of ether oxygens (including phenoxy) is 1. The molecule has 1 unspecified atom stereocenters. The molecule has 0 amide bonds. The number of halogens is 1. The Bertz CT molecular complexity index is 346. The van der Waals surface area contributed by atoms with Gasteiger partial charge in [-0.3, -0.25) is 4.90 Å². The molecule has 0 aliphatic carbocycles. The first-order valence-corrected chi connectivity index (χ1v) is 5.87. The lowest BCUT2D eigenvalue weighted by atomic mass is 10.1. The highest BCUT2D eigenvalue weighted by Gasteiger charge is 2.18. The van der Waals surface area contributed by atoms with Crippen molar-refractivity contribution in [2.24, 2.45) is 5.73 Å². The average Bonchev–Trinajstić information content (AvgIpc) is 2.29. The van der Waals surface area contributed by atoms with Crippen LogP contribution in [0.1, 0.15) is 11.1 Å². The minimum Gasteiger partial charge on any atom is -0.374 e. The van der Waals surface area contributed by atoms with Crippen LogP contribution < -0.4 is 5.73 Å². The number of hydrogen-bond donors (Lipinski definition) is 1. The molecule has 3 nitrogen and oxygen atoms in total. The van der Waals surface area contributed by atoms with Crippen LogP contribution in [0.4, 0.5) is 0 Å². The van der Waals surface area contributed by atoms with Gasteiger partial charge in [-0.05, 0) is 12.5 Å². The van der Waals surface area contributed by atoms with Gasteiger partial charge >= 0.3 is 0 Å². The van der Waals surface area contributed by atoms with Crippen molar-refractivity contribution >= 4 is 12.4 Å². The molecule has 1 aromatic rings. The molecule has 0 radical (unpaired) electrons. The zero-order chi connectivity index (χ0) is 11.4. The molecule has 2 rings (SSSR count). The Hall–Kier alpha value is -0.610. The molecule has 4 heteroatoms. The highest BCUT2D eigenvalue weighted by atomic mass is 35.5. The van der Waals surface area contributed by atoms with Crippen molar-refractivity contribution in [3.05, 3.63) is 35.4 Å². The third kappa shape index (κ3) is 4.28. The smallest absolute Gasteiger partial charge is 0.0824 e. The van der Waals surface area contributed by atoms with Gasteiger partial charge in [0.2, 0.25) is 0 Å². The molecule has 1 aromatic carbocycles. The summed E-state index contributed by atoms with van der Waals surface area (Å²) in [5.74, 6) is 0. The summed E-state index contributed by atoms with van der Waals surface area (Å²) in [6.45, 7) is 6.50. The summed E-state index contributed by atoms with van der Waals surface area (Å²) in [6.07, 6.45) is 0.207. The minimum absolute atomic E-state index is 0. The van der Waals surface area contributed by atoms with E-state index >= 15 is 0 Å². The molecule has 1 fully saturated rings. The highest BCUT2D eigenvalue weighted by Crippen LogP contribution is 2.11. The number of morpholine rings is 1. The second-order valence-corrected chi connectivity index (χ2v) is 4.45. The van der Waals surface area contributed by atoms with Crippen LogP contribution in [0.25, 0.3) is 0 Å². The van der Waals surface area contributed by atoms with Crippen LogP contribution in [0.5, 0.6) is 0 Å². The van der Waals surface area contributed by atoms with E-state index < -0.39 is 0 Å². The van der Waals surface area contributed by atoms with Gasteiger partial charge in [-0.2, -0.15) is 0 Å². The summed E-state index contributed by atoms with van der Waals surface area (Å²) in [5, 5.41) is 0. The van der Waals surface area contributed by atoms with Crippen molar-refractivity contribution in [2.45, 2.75) is 19.6 Å². The second-order valence-electron chi connectivity index (χ2n) is 4.45. The quantitative estimate of drug-likeness (QED) is 0.893. The molecular formula is C13H21ClN2O. The first-order chi connectivity index (χ1) is 7.78. The average molecular weight is 257 g/mol. The highest BCUT2D eigenvalue weighted by molar-refractivity contribution is 5.85. The van der Waals surface area contributed by atoms with E-state index in [1.54, 1.807) is 0 Å². The summed E-state index contributed by atoms with van der Waals surface area (Å²) >= 11 is 0. The molecule has 1 aliphatic rings. The van der Waals surface area contributed by atoms with Gasteiger partial charge in [0, 0.05) is 26.2 Å². The predicted octanol–water partition coefficient (Wildman–Crippen LogP) is 1.58. The predicted molar refractivity (Wildman–Crippen MR) is 72.5 cm³/mol. The zero-order valence-corrected chi connectivity index (χ0v) is 11.1. The van der Waals surface area contributed by atoms with Crippen molar-refractivity contribution in [2.75, 3.05) is 26.2 Å². The maximum Gasteiger partial charge on any atom is 0.0824 e. The molecule has 96 valence electrons. The Balaban J connectivity index is 0.00000144. The first-order valence-electron chi connectivity index (χ1n) is 5.87. The first kappa shape index (κ1) is 14.5. The number of aryl methyl sites for hydroxylation is 1. The lowest BCUT2D eigenvalue weighted by Crippen LogP contribution is -2.45. The molecule has 2 N–H and O–H groups in total. The molecule has 0 saturated carbocycles. The molecule has 1 saturated heterocycles. The van der Waals surface area contributed by atoms with E-state index in [9.17, 15) is 0 Å². The number of benzene rings is 1. The van der Waals surface area contributed by atoms with E-state index in [4.69, 9.17) is 10.5 Å². The lowest BCUT2D eigenvalue weighted by Gasteiger charge is -2.32. The largest absolute Gasteiger partial charge is 0.374 e. The third-order valence-electron chi connectivity index (χ3n) is 2.97. The van der Waals surface area contributed by atoms with E-state index in [1.165, 1.54) is 11.1 Å². The van der Waals surface area contributed by atoms with Crippen LogP contribution in [0.2, 0.25) is 0 Å². The van der Waals surface area contributed by atoms with E-state index in [-0.39, 0.29) is 18.5 Å². The number of rotatable bonds is 3. The SMILES string of the molecule is Cc1cccc(CN2CCOC(CN)C2)c1.Cl. The number of nitrogens with zero attached hydrogens (tertiary/aromatic N) is 1. The van der Waals surface area contributed by atoms with E-state index in [0.29, 0.717) is 6.54 Å². The van der Waals surface area contributed by atoms with E-state index in [1.807, 2.05) is 0 Å². The third-order valence-corrected chi connectivity index (χ3v) is 2.97. The van der Waals surface area contributed by atoms with Crippen LogP contribution in [0.3, 0.4) is 0 Å². The lowest BCUT2D eigenvalue weighted by molar-refractivity contribution is -0.0260. The Kier molecular flexibility index (Phi) is 5.92. The van der Waals surface area contributed by atoms with E-state index in [0.717, 1.165) is 26.2 Å². The van der Waals surface area contributed by atoms with Crippen molar-refractivity contribution in [3.8, 4) is 0 Å². The molecule has 0 aromatic heterocycles. The molecule has 1 aliphatic heterocycles. The Morgan fingerprint density at radius 3 is 3.00 bits per heavy atom. The van der Waals surface area contributed by atoms with Gasteiger partial charge in [0.05, 0.1) is 12.7 Å². The van der Waals surface area contributed by atoms with Gasteiger partial charge in [0.25, 0.3) is 0 Å². The summed E-state index contributed by atoms with van der Waals surface area (Å²) in [6, 6.07) is 8.67.